The molecule has 0 fully saturated rings. The van der Waals surface area contributed by atoms with Crippen molar-refractivity contribution in [2.45, 2.75) is 40.2 Å². The monoisotopic (exact) mass is 216 g/mol. The zero-order valence-electron chi connectivity index (χ0n) is 10.1. The molecule has 15 heavy (non-hydrogen) atoms. The minimum absolute atomic E-state index is 0.0754. The normalized spacial score (nSPS) is 12.7. The fraction of sp³-hybridized carbons (Fsp3) is 0.818. The Morgan fingerprint density at radius 1 is 1.13 bits per heavy atom. The van der Waals surface area contributed by atoms with Crippen LogP contribution < -0.4 is 0 Å². The lowest BCUT2D eigenvalue weighted by atomic mass is 10.1. The first kappa shape index (κ1) is 13.9. The molecular formula is C11H20O4. The molecule has 0 spiro atoms. The highest BCUT2D eigenvalue weighted by atomic mass is 16.6. The molecule has 0 saturated carbocycles. The van der Waals surface area contributed by atoms with Gasteiger partial charge in [0.2, 0.25) is 6.10 Å². The van der Waals surface area contributed by atoms with Gasteiger partial charge in [0.25, 0.3) is 0 Å². The summed E-state index contributed by atoms with van der Waals surface area (Å²) in [7, 11) is 1.29. The number of hydrogen-bond acceptors (Lipinski definition) is 4. The predicted molar refractivity (Wildman–Crippen MR) is 56.2 cm³/mol. The van der Waals surface area contributed by atoms with E-state index in [1.807, 2.05) is 27.7 Å². The zero-order chi connectivity index (χ0) is 12.0. The van der Waals surface area contributed by atoms with E-state index in [1.165, 1.54) is 7.11 Å². The van der Waals surface area contributed by atoms with Crippen LogP contribution in [0.3, 0.4) is 0 Å². The zero-order valence-corrected chi connectivity index (χ0v) is 10.1. The summed E-state index contributed by atoms with van der Waals surface area (Å²) >= 11 is 0. The second kappa shape index (κ2) is 6.43. The van der Waals surface area contributed by atoms with Gasteiger partial charge < -0.3 is 9.47 Å². The number of carbonyl (C=O) groups is 2. The van der Waals surface area contributed by atoms with Crippen LogP contribution in [0.15, 0.2) is 0 Å². The maximum atomic E-state index is 11.4. The molecule has 0 aromatic heterocycles. The van der Waals surface area contributed by atoms with Crippen LogP contribution in [0.2, 0.25) is 0 Å². The molecule has 0 aromatic rings. The van der Waals surface area contributed by atoms with Gasteiger partial charge in [0.1, 0.15) is 0 Å². The number of rotatable bonds is 5. The number of carbonyl (C=O) groups excluding carboxylic acids is 2. The van der Waals surface area contributed by atoms with Crippen molar-refractivity contribution in [3.05, 3.63) is 0 Å². The van der Waals surface area contributed by atoms with Crippen molar-refractivity contribution in [3.8, 4) is 0 Å². The summed E-state index contributed by atoms with van der Waals surface area (Å²) in [4.78, 5) is 22.6. The van der Waals surface area contributed by atoms with E-state index in [0.717, 1.165) is 0 Å². The predicted octanol–water partition coefficient (Wildman–Crippen LogP) is 1.77. The Kier molecular flexibility index (Phi) is 5.97. The molecule has 0 aliphatic heterocycles. The van der Waals surface area contributed by atoms with Crippen molar-refractivity contribution in [1.82, 2.24) is 0 Å². The SMILES string of the molecule is COC(=O)C(OC(=O)CC(C)C)C(C)C. The van der Waals surface area contributed by atoms with Crippen molar-refractivity contribution >= 4 is 11.9 Å². The van der Waals surface area contributed by atoms with E-state index in [2.05, 4.69) is 4.74 Å². The average Bonchev–Trinajstić information content (AvgIpc) is 2.11. The van der Waals surface area contributed by atoms with Gasteiger partial charge in [-0.1, -0.05) is 27.7 Å². The molecule has 0 saturated heterocycles. The van der Waals surface area contributed by atoms with E-state index in [4.69, 9.17) is 4.74 Å². The molecule has 0 heterocycles. The van der Waals surface area contributed by atoms with Crippen LogP contribution in [0.4, 0.5) is 0 Å². The smallest absolute Gasteiger partial charge is 0.347 e. The molecular weight excluding hydrogens is 196 g/mol. The minimum Gasteiger partial charge on any atom is -0.466 e. The van der Waals surface area contributed by atoms with E-state index >= 15 is 0 Å². The molecule has 1 unspecified atom stereocenters. The quantitative estimate of drug-likeness (QED) is 0.657. The van der Waals surface area contributed by atoms with Gasteiger partial charge in [0, 0.05) is 12.3 Å². The maximum absolute atomic E-state index is 11.4. The average molecular weight is 216 g/mol. The Labute approximate surface area is 90.9 Å². The number of ether oxygens (including phenoxy) is 2. The molecule has 1 atom stereocenters. The lowest BCUT2D eigenvalue weighted by Gasteiger charge is -2.19. The van der Waals surface area contributed by atoms with Crippen LogP contribution in [0.1, 0.15) is 34.1 Å². The van der Waals surface area contributed by atoms with Gasteiger partial charge in [-0.05, 0) is 5.92 Å². The molecule has 88 valence electrons. The number of methoxy groups -OCH3 is 1. The molecule has 0 rings (SSSR count). The van der Waals surface area contributed by atoms with E-state index in [0.29, 0.717) is 6.42 Å². The van der Waals surface area contributed by atoms with Gasteiger partial charge in [-0.2, -0.15) is 0 Å². The van der Waals surface area contributed by atoms with E-state index in [9.17, 15) is 9.59 Å². The maximum Gasteiger partial charge on any atom is 0.347 e. The first-order valence-electron chi connectivity index (χ1n) is 5.15. The third-order valence-corrected chi connectivity index (χ3v) is 1.87. The Bertz CT molecular complexity index is 221. The van der Waals surface area contributed by atoms with Gasteiger partial charge >= 0.3 is 11.9 Å². The van der Waals surface area contributed by atoms with E-state index in [1.54, 1.807) is 0 Å². The Hall–Kier alpha value is -1.06. The summed E-state index contributed by atoms with van der Waals surface area (Å²) < 4.78 is 9.63. The second-order valence-corrected chi connectivity index (χ2v) is 4.28. The molecule has 0 aliphatic rings. The topological polar surface area (TPSA) is 52.6 Å². The highest BCUT2D eigenvalue weighted by molar-refractivity contribution is 5.79. The Morgan fingerprint density at radius 3 is 2.00 bits per heavy atom. The second-order valence-electron chi connectivity index (χ2n) is 4.28. The first-order valence-corrected chi connectivity index (χ1v) is 5.15. The Morgan fingerprint density at radius 2 is 1.67 bits per heavy atom. The number of hydrogen-bond donors (Lipinski definition) is 0. The van der Waals surface area contributed by atoms with Gasteiger partial charge in [-0.3, -0.25) is 4.79 Å². The van der Waals surface area contributed by atoms with Crippen LogP contribution in [0, 0.1) is 11.8 Å². The third-order valence-electron chi connectivity index (χ3n) is 1.87. The molecule has 0 amide bonds. The molecule has 4 heteroatoms. The third kappa shape index (κ3) is 5.40. The van der Waals surface area contributed by atoms with Gasteiger partial charge in [0.15, 0.2) is 0 Å². The van der Waals surface area contributed by atoms with Crippen molar-refractivity contribution < 1.29 is 19.1 Å². The Balaban J connectivity index is 4.29. The van der Waals surface area contributed by atoms with Crippen LogP contribution in [0.5, 0.6) is 0 Å². The summed E-state index contributed by atoms with van der Waals surface area (Å²) in [6, 6.07) is 0. The highest BCUT2D eigenvalue weighted by Crippen LogP contribution is 2.11. The summed E-state index contributed by atoms with van der Waals surface area (Å²) in [5.74, 6) is -0.701. The molecule has 4 nitrogen and oxygen atoms in total. The van der Waals surface area contributed by atoms with Crippen molar-refractivity contribution in [2.75, 3.05) is 7.11 Å². The summed E-state index contributed by atoms with van der Waals surface area (Å²) in [5.41, 5.74) is 0. The van der Waals surface area contributed by atoms with Gasteiger partial charge in [-0.25, -0.2) is 4.79 Å². The van der Waals surface area contributed by atoms with Crippen LogP contribution >= 0.6 is 0 Å². The highest BCUT2D eigenvalue weighted by Gasteiger charge is 2.27. The molecule has 0 N–H and O–H groups in total. The minimum atomic E-state index is -0.791. The summed E-state index contributed by atoms with van der Waals surface area (Å²) in [6.07, 6.45) is -0.471. The summed E-state index contributed by atoms with van der Waals surface area (Å²) in [6.45, 7) is 7.46. The van der Waals surface area contributed by atoms with Gasteiger partial charge in [0.05, 0.1) is 7.11 Å². The fourth-order valence-electron chi connectivity index (χ4n) is 1.10. The number of esters is 2. The standard InChI is InChI=1S/C11H20O4/c1-7(2)6-9(12)15-10(8(3)4)11(13)14-5/h7-8,10H,6H2,1-5H3. The van der Waals surface area contributed by atoms with Crippen molar-refractivity contribution in [1.29, 1.82) is 0 Å². The lowest BCUT2D eigenvalue weighted by molar-refractivity contribution is -0.169. The molecule has 0 bridgehead atoms. The molecule has 0 aromatic carbocycles. The lowest BCUT2D eigenvalue weighted by Crippen LogP contribution is -2.33. The van der Waals surface area contributed by atoms with Crippen molar-refractivity contribution in [3.63, 3.8) is 0 Å². The van der Waals surface area contributed by atoms with Gasteiger partial charge in [-0.15, -0.1) is 0 Å². The molecule has 0 aliphatic carbocycles. The van der Waals surface area contributed by atoms with Crippen LogP contribution in [-0.2, 0) is 19.1 Å². The van der Waals surface area contributed by atoms with Crippen LogP contribution in [0.25, 0.3) is 0 Å². The first-order chi connectivity index (χ1) is 6.88. The van der Waals surface area contributed by atoms with Crippen molar-refractivity contribution in [2.24, 2.45) is 11.8 Å². The molecule has 0 radical (unpaired) electrons. The largest absolute Gasteiger partial charge is 0.466 e. The van der Waals surface area contributed by atoms with E-state index in [-0.39, 0.29) is 17.8 Å². The summed E-state index contributed by atoms with van der Waals surface area (Å²) in [5, 5.41) is 0. The fourth-order valence-corrected chi connectivity index (χ4v) is 1.10. The van der Waals surface area contributed by atoms with Crippen LogP contribution in [-0.4, -0.2) is 25.2 Å². The van der Waals surface area contributed by atoms with E-state index < -0.39 is 12.1 Å².